The van der Waals surface area contributed by atoms with Gasteiger partial charge in [0.1, 0.15) is 5.82 Å². The van der Waals surface area contributed by atoms with Crippen molar-refractivity contribution >= 4 is 16.8 Å². The van der Waals surface area contributed by atoms with Crippen molar-refractivity contribution in [1.82, 2.24) is 10.3 Å². The second-order valence-electron chi connectivity index (χ2n) is 6.06. The first-order valence-corrected chi connectivity index (χ1v) is 8.23. The van der Waals surface area contributed by atoms with Crippen molar-refractivity contribution in [2.45, 2.75) is 32.2 Å². The van der Waals surface area contributed by atoms with E-state index in [1.165, 1.54) is 23.1 Å². The molecular formula is C20H21FN2O. The van der Waals surface area contributed by atoms with Gasteiger partial charge in [-0.2, -0.15) is 0 Å². The van der Waals surface area contributed by atoms with Crippen LogP contribution in [0.4, 0.5) is 4.39 Å². The fraction of sp³-hybridized carbons (Fsp3) is 0.250. The van der Waals surface area contributed by atoms with Crippen LogP contribution >= 0.6 is 0 Å². The van der Waals surface area contributed by atoms with Crippen LogP contribution in [-0.4, -0.2) is 10.9 Å². The van der Waals surface area contributed by atoms with Crippen molar-refractivity contribution in [3.63, 3.8) is 0 Å². The number of halogens is 1. The molecule has 0 bridgehead atoms. The molecule has 3 aromatic rings. The monoisotopic (exact) mass is 324 g/mol. The van der Waals surface area contributed by atoms with Crippen molar-refractivity contribution in [3.8, 4) is 0 Å². The Hall–Kier alpha value is -2.62. The Bertz CT molecular complexity index is 840. The zero-order valence-corrected chi connectivity index (χ0v) is 13.7. The SMILES string of the molecule is CC(NC(=O)CCCc1c[nH]c2ccccc12)c1cccc(F)c1. The number of benzene rings is 2. The number of hydrogen-bond donors (Lipinski definition) is 2. The Balaban J connectivity index is 1.50. The minimum absolute atomic E-state index is 0.00778. The summed E-state index contributed by atoms with van der Waals surface area (Å²) in [6.45, 7) is 1.87. The van der Waals surface area contributed by atoms with Gasteiger partial charge in [-0.15, -0.1) is 0 Å². The van der Waals surface area contributed by atoms with E-state index in [0.29, 0.717) is 6.42 Å². The first-order valence-electron chi connectivity index (χ1n) is 8.23. The minimum Gasteiger partial charge on any atom is -0.361 e. The van der Waals surface area contributed by atoms with Gasteiger partial charge in [0.25, 0.3) is 0 Å². The summed E-state index contributed by atoms with van der Waals surface area (Å²) in [6, 6.07) is 14.3. The lowest BCUT2D eigenvalue weighted by molar-refractivity contribution is -0.121. The van der Waals surface area contributed by atoms with Gasteiger partial charge in [-0.25, -0.2) is 4.39 Å². The molecule has 1 heterocycles. The summed E-state index contributed by atoms with van der Waals surface area (Å²) in [6.07, 6.45) is 4.10. The Kier molecular flexibility index (Phi) is 4.94. The molecular weight excluding hydrogens is 303 g/mol. The lowest BCUT2D eigenvalue weighted by Crippen LogP contribution is -2.26. The lowest BCUT2D eigenvalue weighted by atomic mass is 10.1. The fourth-order valence-electron chi connectivity index (χ4n) is 2.95. The molecule has 2 N–H and O–H groups in total. The molecule has 1 amide bonds. The maximum absolute atomic E-state index is 13.2. The van der Waals surface area contributed by atoms with Crippen molar-refractivity contribution in [2.75, 3.05) is 0 Å². The van der Waals surface area contributed by atoms with Crippen LogP contribution in [0.2, 0.25) is 0 Å². The predicted octanol–water partition coefficient (Wildman–Crippen LogP) is 4.51. The number of carbonyl (C=O) groups is 1. The van der Waals surface area contributed by atoms with Gasteiger partial charge in [0.05, 0.1) is 6.04 Å². The van der Waals surface area contributed by atoms with Crippen molar-refractivity contribution in [2.24, 2.45) is 0 Å². The van der Waals surface area contributed by atoms with E-state index < -0.39 is 0 Å². The third-order valence-corrected chi connectivity index (χ3v) is 4.25. The molecule has 3 rings (SSSR count). The Morgan fingerprint density at radius 2 is 2.04 bits per heavy atom. The van der Waals surface area contributed by atoms with Gasteiger partial charge in [-0.3, -0.25) is 4.79 Å². The van der Waals surface area contributed by atoms with E-state index in [2.05, 4.69) is 16.4 Å². The first kappa shape index (κ1) is 16.2. The van der Waals surface area contributed by atoms with Crippen LogP contribution in [0.1, 0.15) is 36.9 Å². The van der Waals surface area contributed by atoms with Crippen LogP contribution in [-0.2, 0) is 11.2 Å². The summed E-state index contributed by atoms with van der Waals surface area (Å²) in [4.78, 5) is 15.3. The number of nitrogens with one attached hydrogen (secondary N) is 2. The van der Waals surface area contributed by atoms with Crippen molar-refractivity contribution in [3.05, 3.63) is 71.7 Å². The Morgan fingerprint density at radius 1 is 1.21 bits per heavy atom. The van der Waals surface area contributed by atoms with Gasteiger partial charge in [-0.1, -0.05) is 30.3 Å². The number of fused-ring (bicyclic) bond motifs is 1. The van der Waals surface area contributed by atoms with E-state index in [9.17, 15) is 9.18 Å². The maximum atomic E-state index is 13.2. The highest BCUT2D eigenvalue weighted by molar-refractivity contribution is 5.83. The van der Waals surface area contributed by atoms with Gasteiger partial charge in [0.15, 0.2) is 0 Å². The van der Waals surface area contributed by atoms with Gasteiger partial charge in [0, 0.05) is 23.5 Å². The van der Waals surface area contributed by atoms with E-state index in [1.54, 1.807) is 6.07 Å². The average molecular weight is 324 g/mol. The summed E-state index contributed by atoms with van der Waals surface area (Å²) in [5, 5.41) is 4.14. The molecule has 1 unspecified atom stereocenters. The van der Waals surface area contributed by atoms with E-state index in [1.807, 2.05) is 37.4 Å². The summed E-state index contributed by atoms with van der Waals surface area (Å²) in [5.74, 6) is -0.292. The second kappa shape index (κ2) is 7.30. The van der Waals surface area contributed by atoms with Crippen LogP contribution < -0.4 is 5.32 Å². The summed E-state index contributed by atoms with van der Waals surface area (Å²) < 4.78 is 13.2. The highest BCUT2D eigenvalue weighted by Crippen LogP contribution is 2.19. The Morgan fingerprint density at radius 3 is 2.88 bits per heavy atom. The molecule has 1 aromatic heterocycles. The molecule has 0 saturated carbocycles. The molecule has 1 atom stereocenters. The number of carbonyl (C=O) groups excluding carboxylic acids is 1. The van der Waals surface area contributed by atoms with Crippen LogP contribution in [0.15, 0.2) is 54.7 Å². The molecule has 0 aliphatic carbocycles. The van der Waals surface area contributed by atoms with E-state index in [-0.39, 0.29) is 17.8 Å². The number of H-pyrrole nitrogens is 1. The summed E-state index contributed by atoms with van der Waals surface area (Å²) >= 11 is 0. The highest BCUT2D eigenvalue weighted by atomic mass is 19.1. The van der Waals surface area contributed by atoms with Crippen LogP contribution in [0.25, 0.3) is 10.9 Å². The number of aromatic nitrogens is 1. The minimum atomic E-state index is -0.284. The molecule has 24 heavy (non-hydrogen) atoms. The fourth-order valence-corrected chi connectivity index (χ4v) is 2.95. The Labute approximate surface area is 140 Å². The number of para-hydroxylation sites is 1. The largest absolute Gasteiger partial charge is 0.361 e. The number of hydrogen-bond acceptors (Lipinski definition) is 1. The molecule has 0 spiro atoms. The van der Waals surface area contributed by atoms with Crippen molar-refractivity contribution in [1.29, 1.82) is 0 Å². The molecule has 3 nitrogen and oxygen atoms in total. The molecule has 0 aliphatic rings. The molecule has 2 aromatic carbocycles. The van der Waals surface area contributed by atoms with Gasteiger partial charge in [-0.05, 0) is 49.1 Å². The smallest absolute Gasteiger partial charge is 0.220 e. The molecule has 0 radical (unpaired) electrons. The number of amides is 1. The second-order valence-corrected chi connectivity index (χ2v) is 6.06. The molecule has 124 valence electrons. The zero-order valence-electron chi connectivity index (χ0n) is 13.7. The molecule has 0 saturated heterocycles. The lowest BCUT2D eigenvalue weighted by Gasteiger charge is -2.14. The number of aryl methyl sites for hydroxylation is 1. The average Bonchev–Trinajstić information content (AvgIpc) is 2.98. The third kappa shape index (κ3) is 3.82. The summed E-state index contributed by atoms with van der Waals surface area (Å²) in [5.41, 5.74) is 3.13. The van der Waals surface area contributed by atoms with Gasteiger partial charge in [0.2, 0.25) is 5.91 Å². The first-order chi connectivity index (χ1) is 11.6. The maximum Gasteiger partial charge on any atom is 0.220 e. The van der Waals surface area contributed by atoms with Crippen LogP contribution in [0.3, 0.4) is 0 Å². The predicted molar refractivity (Wildman–Crippen MR) is 94.2 cm³/mol. The third-order valence-electron chi connectivity index (χ3n) is 4.25. The standard InChI is InChI=1S/C20H21FN2O/c1-14(15-6-4-8-17(21)12-15)23-20(24)11-5-7-16-13-22-19-10-3-2-9-18(16)19/h2-4,6,8-10,12-14,22H,5,7,11H2,1H3,(H,23,24). The topological polar surface area (TPSA) is 44.9 Å². The van der Waals surface area contributed by atoms with E-state index in [4.69, 9.17) is 0 Å². The van der Waals surface area contributed by atoms with E-state index >= 15 is 0 Å². The van der Waals surface area contributed by atoms with Crippen LogP contribution in [0.5, 0.6) is 0 Å². The number of rotatable bonds is 6. The van der Waals surface area contributed by atoms with Gasteiger partial charge >= 0.3 is 0 Å². The number of aromatic amines is 1. The normalized spacial score (nSPS) is 12.2. The highest BCUT2D eigenvalue weighted by Gasteiger charge is 2.10. The zero-order chi connectivity index (χ0) is 16.9. The van der Waals surface area contributed by atoms with Gasteiger partial charge < -0.3 is 10.3 Å². The molecule has 4 heteroatoms. The van der Waals surface area contributed by atoms with Crippen molar-refractivity contribution < 1.29 is 9.18 Å². The van der Waals surface area contributed by atoms with E-state index in [0.717, 1.165) is 23.9 Å². The summed E-state index contributed by atoms with van der Waals surface area (Å²) in [7, 11) is 0. The van der Waals surface area contributed by atoms with Crippen LogP contribution in [0, 0.1) is 5.82 Å². The molecule has 0 fully saturated rings. The quantitative estimate of drug-likeness (QED) is 0.688. The molecule has 0 aliphatic heterocycles.